The van der Waals surface area contributed by atoms with Crippen molar-refractivity contribution in [2.75, 3.05) is 0 Å². The maximum Gasteiger partial charge on any atom is 0.279 e. The van der Waals surface area contributed by atoms with Crippen molar-refractivity contribution in [3.8, 4) is 5.69 Å². The summed E-state index contributed by atoms with van der Waals surface area (Å²) < 4.78 is 6.63. The molecule has 2 heterocycles. The SMILES string of the molecule is C[C@H](CCc1ccco1)NC(=O)c1nn(-c2ccccc2)c(=O)c2ccccc12. The zero-order chi connectivity index (χ0) is 20.2. The van der Waals surface area contributed by atoms with Crippen LogP contribution in [0, 0.1) is 0 Å². The molecule has 0 spiro atoms. The summed E-state index contributed by atoms with van der Waals surface area (Å²) in [7, 11) is 0. The average molecular weight is 387 g/mol. The van der Waals surface area contributed by atoms with E-state index >= 15 is 0 Å². The summed E-state index contributed by atoms with van der Waals surface area (Å²) in [4.78, 5) is 25.9. The summed E-state index contributed by atoms with van der Waals surface area (Å²) in [5.74, 6) is 0.574. The van der Waals surface area contributed by atoms with Crippen molar-refractivity contribution in [2.45, 2.75) is 25.8 Å². The Hall–Kier alpha value is -3.67. The summed E-state index contributed by atoms with van der Waals surface area (Å²) in [5.41, 5.74) is 0.589. The van der Waals surface area contributed by atoms with Gasteiger partial charge in [0.2, 0.25) is 0 Å². The number of nitrogens with zero attached hydrogens (tertiary/aromatic N) is 2. The molecule has 0 aliphatic rings. The lowest BCUT2D eigenvalue weighted by atomic mass is 10.1. The maximum atomic E-state index is 13.0. The molecule has 1 amide bonds. The molecule has 146 valence electrons. The predicted octanol–water partition coefficient (Wildman–Crippen LogP) is 3.73. The highest BCUT2D eigenvalue weighted by Gasteiger charge is 2.19. The number of fused-ring (bicyclic) bond motifs is 1. The normalized spacial score (nSPS) is 12.0. The molecule has 29 heavy (non-hydrogen) atoms. The minimum Gasteiger partial charge on any atom is -0.469 e. The standard InChI is InChI=1S/C23H21N3O3/c1-16(13-14-18-10-7-15-29-18)24-22(27)21-19-11-5-6-12-20(19)23(28)26(25-21)17-8-3-2-4-9-17/h2-12,15-16H,13-14H2,1H3,(H,24,27)/t16-/m1/s1. The largest absolute Gasteiger partial charge is 0.469 e. The van der Waals surface area contributed by atoms with Crippen LogP contribution in [0.5, 0.6) is 0 Å². The molecule has 0 radical (unpaired) electrons. The first-order valence-electron chi connectivity index (χ1n) is 9.54. The number of rotatable bonds is 6. The predicted molar refractivity (Wildman–Crippen MR) is 111 cm³/mol. The fourth-order valence-corrected chi connectivity index (χ4v) is 3.28. The molecular weight excluding hydrogens is 366 g/mol. The van der Waals surface area contributed by atoms with Gasteiger partial charge in [-0.05, 0) is 43.7 Å². The maximum absolute atomic E-state index is 13.0. The van der Waals surface area contributed by atoms with Crippen LogP contribution in [0.3, 0.4) is 0 Å². The second-order valence-corrected chi connectivity index (χ2v) is 6.94. The molecule has 6 nitrogen and oxygen atoms in total. The summed E-state index contributed by atoms with van der Waals surface area (Å²) in [6.07, 6.45) is 3.10. The van der Waals surface area contributed by atoms with E-state index in [1.165, 1.54) is 4.68 Å². The van der Waals surface area contributed by atoms with Crippen molar-refractivity contribution < 1.29 is 9.21 Å². The molecule has 2 aromatic carbocycles. The van der Waals surface area contributed by atoms with Crippen LogP contribution in [0.25, 0.3) is 16.5 Å². The first-order valence-corrected chi connectivity index (χ1v) is 9.54. The molecule has 2 aromatic heterocycles. The first kappa shape index (κ1) is 18.7. The van der Waals surface area contributed by atoms with E-state index in [9.17, 15) is 9.59 Å². The molecule has 0 unspecified atom stereocenters. The van der Waals surface area contributed by atoms with Gasteiger partial charge in [0.1, 0.15) is 5.76 Å². The third kappa shape index (κ3) is 3.96. The van der Waals surface area contributed by atoms with Crippen LogP contribution < -0.4 is 10.9 Å². The number of hydrogen-bond acceptors (Lipinski definition) is 4. The molecular formula is C23H21N3O3. The van der Waals surface area contributed by atoms with Crippen LogP contribution in [-0.4, -0.2) is 21.7 Å². The molecule has 0 fully saturated rings. The van der Waals surface area contributed by atoms with E-state index in [2.05, 4.69) is 10.4 Å². The number of nitrogens with one attached hydrogen (secondary N) is 1. The molecule has 6 heteroatoms. The summed E-state index contributed by atoms with van der Waals surface area (Å²) >= 11 is 0. The highest BCUT2D eigenvalue weighted by molar-refractivity contribution is 6.04. The fraction of sp³-hybridized carbons (Fsp3) is 0.174. The molecule has 4 aromatic rings. The lowest BCUT2D eigenvalue weighted by molar-refractivity contribution is 0.0933. The van der Waals surface area contributed by atoms with E-state index in [-0.39, 0.29) is 23.2 Å². The van der Waals surface area contributed by atoms with E-state index in [0.717, 1.165) is 18.6 Å². The fourth-order valence-electron chi connectivity index (χ4n) is 3.28. The van der Waals surface area contributed by atoms with Gasteiger partial charge in [0.05, 0.1) is 17.3 Å². The second-order valence-electron chi connectivity index (χ2n) is 6.94. The number of para-hydroxylation sites is 1. The molecule has 0 saturated carbocycles. The Kier molecular flexibility index (Phi) is 5.24. The van der Waals surface area contributed by atoms with Crippen LogP contribution in [0.1, 0.15) is 29.6 Å². The van der Waals surface area contributed by atoms with E-state index < -0.39 is 0 Å². The summed E-state index contributed by atoms with van der Waals surface area (Å²) in [6.45, 7) is 1.94. The van der Waals surface area contributed by atoms with Gasteiger partial charge in [-0.25, -0.2) is 0 Å². The quantitative estimate of drug-likeness (QED) is 0.547. The van der Waals surface area contributed by atoms with Gasteiger partial charge in [-0.2, -0.15) is 9.78 Å². The van der Waals surface area contributed by atoms with Gasteiger partial charge >= 0.3 is 0 Å². The van der Waals surface area contributed by atoms with E-state index in [1.807, 2.05) is 37.3 Å². The number of hydrogen-bond donors (Lipinski definition) is 1. The number of benzene rings is 2. The molecule has 0 bridgehead atoms. The smallest absolute Gasteiger partial charge is 0.279 e. The monoisotopic (exact) mass is 387 g/mol. The van der Waals surface area contributed by atoms with Gasteiger partial charge in [0.25, 0.3) is 11.5 Å². The molecule has 1 N–H and O–H groups in total. The van der Waals surface area contributed by atoms with Gasteiger partial charge in [-0.15, -0.1) is 0 Å². The minimum absolute atomic E-state index is 0.0785. The molecule has 0 aliphatic heterocycles. The van der Waals surface area contributed by atoms with Crippen molar-refractivity contribution in [3.05, 3.63) is 94.8 Å². The first-order chi connectivity index (χ1) is 14.1. The highest BCUT2D eigenvalue weighted by atomic mass is 16.3. The van der Waals surface area contributed by atoms with E-state index in [0.29, 0.717) is 16.5 Å². The minimum atomic E-state index is -0.308. The molecule has 1 atom stereocenters. The zero-order valence-corrected chi connectivity index (χ0v) is 16.0. The van der Waals surface area contributed by atoms with Crippen LogP contribution in [0.15, 0.2) is 82.2 Å². The Morgan fingerprint density at radius 3 is 2.48 bits per heavy atom. The van der Waals surface area contributed by atoms with Gasteiger partial charge < -0.3 is 9.73 Å². The molecule has 0 aliphatic carbocycles. The Balaban J connectivity index is 1.66. The van der Waals surface area contributed by atoms with E-state index in [4.69, 9.17) is 4.42 Å². The average Bonchev–Trinajstić information content (AvgIpc) is 3.27. The van der Waals surface area contributed by atoms with Crippen molar-refractivity contribution >= 4 is 16.7 Å². The van der Waals surface area contributed by atoms with Crippen LogP contribution >= 0.6 is 0 Å². The third-order valence-electron chi connectivity index (χ3n) is 4.80. The Morgan fingerprint density at radius 2 is 1.76 bits per heavy atom. The van der Waals surface area contributed by atoms with Crippen molar-refractivity contribution in [1.82, 2.24) is 15.1 Å². The highest BCUT2D eigenvalue weighted by Crippen LogP contribution is 2.16. The zero-order valence-electron chi connectivity index (χ0n) is 16.0. The summed E-state index contributed by atoms with van der Waals surface area (Å²) in [6, 6.07) is 19.8. The number of aromatic nitrogens is 2. The topological polar surface area (TPSA) is 77.1 Å². The Bertz CT molecular complexity index is 1180. The van der Waals surface area contributed by atoms with Crippen molar-refractivity contribution in [3.63, 3.8) is 0 Å². The van der Waals surface area contributed by atoms with Crippen LogP contribution in [0.4, 0.5) is 0 Å². The van der Waals surface area contributed by atoms with Gasteiger partial charge in [0, 0.05) is 17.8 Å². The van der Waals surface area contributed by atoms with Crippen LogP contribution in [0.2, 0.25) is 0 Å². The Labute approximate surface area is 167 Å². The number of aryl methyl sites for hydroxylation is 1. The molecule has 0 saturated heterocycles. The number of furan rings is 1. The molecule has 4 rings (SSSR count). The van der Waals surface area contributed by atoms with Gasteiger partial charge in [0.15, 0.2) is 5.69 Å². The lowest BCUT2D eigenvalue weighted by Crippen LogP contribution is -2.35. The summed E-state index contributed by atoms with van der Waals surface area (Å²) in [5, 5.41) is 8.40. The second kappa shape index (κ2) is 8.14. The van der Waals surface area contributed by atoms with Gasteiger partial charge in [-0.3, -0.25) is 9.59 Å². The Morgan fingerprint density at radius 1 is 1.03 bits per heavy atom. The number of carbonyl (C=O) groups excluding carboxylic acids is 1. The van der Waals surface area contributed by atoms with Crippen molar-refractivity contribution in [1.29, 1.82) is 0 Å². The van der Waals surface area contributed by atoms with Gasteiger partial charge in [-0.1, -0.05) is 36.4 Å². The number of carbonyl (C=O) groups is 1. The lowest BCUT2D eigenvalue weighted by Gasteiger charge is -2.15. The van der Waals surface area contributed by atoms with E-state index in [1.54, 1.807) is 42.7 Å². The third-order valence-corrected chi connectivity index (χ3v) is 4.80. The number of amides is 1. The van der Waals surface area contributed by atoms with Crippen molar-refractivity contribution in [2.24, 2.45) is 0 Å². The van der Waals surface area contributed by atoms with Crippen LogP contribution in [-0.2, 0) is 6.42 Å².